The summed E-state index contributed by atoms with van der Waals surface area (Å²) in [6.07, 6.45) is 5.69. The van der Waals surface area contributed by atoms with Gasteiger partial charge in [0.15, 0.2) is 17.3 Å². The van der Waals surface area contributed by atoms with E-state index in [9.17, 15) is 28.0 Å². The van der Waals surface area contributed by atoms with Crippen molar-refractivity contribution in [3.05, 3.63) is 93.8 Å². The Hall–Kier alpha value is -4.61. The van der Waals surface area contributed by atoms with Gasteiger partial charge in [-0.1, -0.05) is 23.4 Å². The highest BCUT2D eigenvalue weighted by Crippen LogP contribution is 2.20. The molecule has 0 spiro atoms. The molecule has 1 saturated heterocycles. The summed E-state index contributed by atoms with van der Waals surface area (Å²) in [6.45, 7) is 3.95. The average molecular weight is 554 g/mol. The number of carbonyl (C=O) groups is 3. The van der Waals surface area contributed by atoms with Crippen LogP contribution in [-0.2, 0) is 16.0 Å². The predicted octanol–water partition coefficient (Wildman–Crippen LogP) is 3.05. The van der Waals surface area contributed by atoms with Gasteiger partial charge in [-0.05, 0) is 56.5 Å². The maximum Gasteiger partial charge on any atom is 0.278 e. The third-order valence-electron chi connectivity index (χ3n) is 6.59. The average Bonchev–Trinajstić information content (AvgIpc) is 3.54. The van der Waals surface area contributed by atoms with E-state index in [4.69, 9.17) is 4.52 Å². The summed E-state index contributed by atoms with van der Waals surface area (Å²) in [5.41, 5.74) is -0.579. The Balaban J connectivity index is 1.65. The van der Waals surface area contributed by atoms with Crippen molar-refractivity contribution in [2.45, 2.75) is 45.2 Å². The number of carbonyl (C=O) groups excluding carboxylic acids is 3. The van der Waals surface area contributed by atoms with Gasteiger partial charge in [0.2, 0.25) is 11.8 Å². The van der Waals surface area contributed by atoms with Gasteiger partial charge in [-0.2, -0.15) is 0 Å². The van der Waals surface area contributed by atoms with Crippen LogP contribution >= 0.6 is 0 Å². The molecule has 3 N–H and O–H groups in total. The first kappa shape index (κ1) is 28.4. The topological polar surface area (TPSA) is 135 Å². The van der Waals surface area contributed by atoms with Crippen LogP contribution in [0.5, 0.6) is 0 Å². The molecule has 3 amide bonds. The SMILES string of the molecule is C/C=C/[C@H](C[C@@H]1CCNC1=O)NC(=O)[C@H](Cc1ccc(F)c(F)c1)n1cccc(NC(=O)c2cc(C)on2)c1=O. The van der Waals surface area contributed by atoms with Gasteiger partial charge < -0.3 is 25.0 Å². The third kappa shape index (κ3) is 6.68. The van der Waals surface area contributed by atoms with Crippen LogP contribution in [0.1, 0.15) is 47.6 Å². The fourth-order valence-corrected chi connectivity index (χ4v) is 4.59. The highest BCUT2D eigenvalue weighted by atomic mass is 19.2. The number of nitrogens with one attached hydrogen (secondary N) is 3. The molecule has 0 bridgehead atoms. The van der Waals surface area contributed by atoms with Crippen LogP contribution in [0, 0.1) is 24.5 Å². The van der Waals surface area contributed by atoms with E-state index in [2.05, 4.69) is 21.1 Å². The molecule has 10 nitrogen and oxygen atoms in total. The number of hydrogen-bond donors (Lipinski definition) is 3. The maximum atomic E-state index is 14.0. The van der Waals surface area contributed by atoms with Gasteiger partial charge >= 0.3 is 0 Å². The zero-order valence-corrected chi connectivity index (χ0v) is 21.9. The van der Waals surface area contributed by atoms with Gasteiger partial charge in [-0.15, -0.1) is 0 Å². The first-order valence-electron chi connectivity index (χ1n) is 12.8. The zero-order chi connectivity index (χ0) is 28.8. The zero-order valence-electron chi connectivity index (χ0n) is 21.9. The first-order chi connectivity index (χ1) is 19.2. The van der Waals surface area contributed by atoms with Crippen molar-refractivity contribution >= 4 is 23.4 Å². The second-order valence-corrected chi connectivity index (χ2v) is 9.53. The minimum atomic E-state index is -1.20. The normalized spacial score (nSPS) is 16.5. The Morgan fingerprint density at radius 3 is 2.67 bits per heavy atom. The van der Waals surface area contributed by atoms with E-state index in [1.54, 1.807) is 26.0 Å². The smallest absolute Gasteiger partial charge is 0.278 e. The highest BCUT2D eigenvalue weighted by molar-refractivity contribution is 6.02. The lowest BCUT2D eigenvalue weighted by molar-refractivity contribution is -0.126. The molecule has 1 fully saturated rings. The molecule has 3 aromatic rings. The number of allylic oxidation sites excluding steroid dienone is 1. The van der Waals surface area contributed by atoms with Gasteiger partial charge in [0, 0.05) is 37.2 Å². The summed E-state index contributed by atoms with van der Waals surface area (Å²) < 4.78 is 33.6. The number of pyridine rings is 1. The number of nitrogens with zero attached hydrogens (tertiary/aromatic N) is 2. The Bertz CT molecular complexity index is 1500. The molecule has 4 rings (SSSR count). The molecule has 0 saturated carbocycles. The Kier molecular flexibility index (Phi) is 8.87. The minimum absolute atomic E-state index is 0.0338. The Morgan fingerprint density at radius 2 is 2.02 bits per heavy atom. The summed E-state index contributed by atoms with van der Waals surface area (Å²) in [5, 5.41) is 11.8. The van der Waals surface area contributed by atoms with Crippen molar-refractivity contribution in [3.63, 3.8) is 0 Å². The van der Waals surface area contributed by atoms with Crippen LogP contribution in [0.25, 0.3) is 0 Å². The van der Waals surface area contributed by atoms with Crippen LogP contribution < -0.4 is 21.5 Å². The van der Waals surface area contributed by atoms with Gasteiger partial charge in [0.25, 0.3) is 11.5 Å². The number of amides is 3. The van der Waals surface area contributed by atoms with Crippen molar-refractivity contribution in [1.82, 2.24) is 20.4 Å². The van der Waals surface area contributed by atoms with Crippen molar-refractivity contribution in [1.29, 1.82) is 0 Å². The molecule has 0 radical (unpaired) electrons. The van der Waals surface area contributed by atoms with E-state index in [1.807, 2.05) is 0 Å². The van der Waals surface area contributed by atoms with Crippen molar-refractivity contribution < 1.29 is 27.7 Å². The second-order valence-electron chi connectivity index (χ2n) is 9.53. The summed E-state index contributed by atoms with van der Waals surface area (Å²) in [7, 11) is 0. The summed E-state index contributed by atoms with van der Waals surface area (Å²) in [4.78, 5) is 51.8. The molecular formula is C28H29F2N5O5. The number of anilines is 1. The minimum Gasteiger partial charge on any atom is -0.361 e. The standard InChI is InChI=1S/C28H29F2N5O5/c1-3-5-19(15-18-9-10-31-25(18)36)32-27(38)24(14-17-7-8-20(29)21(30)13-17)35-11-4-6-22(28(35)39)33-26(37)23-12-16(2)40-34-23/h3-8,11-13,18-19,24H,9-10,14-15H2,1-2H3,(H,31,36)(H,32,38)(H,33,37)/b5-3+/t18-,19+,24-/m0/s1. The number of aromatic nitrogens is 2. The molecule has 12 heteroatoms. The van der Waals surface area contributed by atoms with E-state index in [0.717, 1.165) is 16.7 Å². The van der Waals surface area contributed by atoms with E-state index >= 15 is 0 Å². The predicted molar refractivity (Wildman–Crippen MR) is 141 cm³/mol. The quantitative estimate of drug-likeness (QED) is 0.331. The van der Waals surface area contributed by atoms with E-state index < -0.39 is 41.1 Å². The van der Waals surface area contributed by atoms with Crippen LogP contribution in [0.2, 0.25) is 0 Å². The number of benzene rings is 1. The van der Waals surface area contributed by atoms with E-state index in [0.29, 0.717) is 25.1 Å². The van der Waals surface area contributed by atoms with E-state index in [-0.39, 0.29) is 35.2 Å². The van der Waals surface area contributed by atoms with E-state index in [1.165, 1.54) is 30.5 Å². The number of hydrogen-bond acceptors (Lipinski definition) is 6. The monoisotopic (exact) mass is 553 g/mol. The van der Waals surface area contributed by atoms with Crippen molar-refractivity contribution in [2.75, 3.05) is 11.9 Å². The van der Waals surface area contributed by atoms with Gasteiger partial charge in [0.05, 0.1) is 0 Å². The first-order valence-corrected chi connectivity index (χ1v) is 12.8. The second kappa shape index (κ2) is 12.5. The van der Waals surface area contributed by atoms with Crippen LogP contribution in [0.4, 0.5) is 14.5 Å². The molecule has 1 aromatic carbocycles. The van der Waals surface area contributed by atoms with Gasteiger partial charge in [-0.25, -0.2) is 8.78 Å². The molecule has 1 aliphatic rings. The van der Waals surface area contributed by atoms with Crippen molar-refractivity contribution in [2.24, 2.45) is 5.92 Å². The lowest BCUT2D eigenvalue weighted by Crippen LogP contribution is -2.43. The number of halogens is 2. The van der Waals surface area contributed by atoms with Gasteiger partial charge in [-0.3, -0.25) is 19.2 Å². The highest BCUT2D eigenvalue weighted by Gasteiger charge is 2.30. The largest absolute Gasteiger partial charge is 0.361 e. The summed E-state index contributed by atoms with van der Waals surface area (Å²) in [6, 6.07) is 5.77. The Morgan fingerprint density at radius 1 is 1.23 bits per heavy atom. The molecule has 0 aliphatic carbocycles. The summed E-state index contributed by atoms with van der Waals surface area (Å²) in [5.74, 6) is -3.37. The Labute approximate surface area is 228 Å². The van der Waals surface area contributed by atoms with Crippen molar-refractivity contribution in [3.8, 4) is 0 Å². The fraction of sp³-hybridized carbons (Fsp3) is 0.321. The summed E-state index contributed by atoms with van der Waals surface area (Å²) >= 11 is 0. The van der Waals surface area contributed by atoms with Gasteiger partial charge in [0.1, 0.15) is 17.5 Å². The molecule has 3 heterocycles. The molecule has 210 valence electrons. The molecule has 2 aromatic heterocycles. The fourth-order valence-electron chi connectivity index (χ4n) is 4.59. The number of rotatable bonds is 10. The third-order valence-corrected chi connectivity index (χ3v) is 6.59. The van der Waals surface area contributed by atoms with Crippen LogP contribution in [0.3, 0.4) is 0 Å². The maximum absolute atomic E-state index is 14.0. The molecular weight excluding hydrogens is 524 g/mol. The lowest BCUT2D eigenvalue weighted by atomic mass is 9.97. The van der Waals surface area contributed by atoms with Crippen LogP contribution in [0.15, 0.2) is 64.1 Å². The van der Waals surface area contributed by atoms with Crippen LogP contribution in [-0.4, -0.2) is 40.0 Å². The molecule has 3 atom stereocenters. The number of aryl methyl sites for hydroxylation is 1. The lowest BCUT2D eigenvalue weighted by Gasteiger charge is -2.24. The molecule has 40 heavy (non-hydrogen) atoms. The molecule has 1 aliphatic heterocycles. The molecule has 0 unspecified atom stereocenters.